The molecule has 110 valence electrons. The molecule has 2 fully saturated rings. The first-order valence-corrected chi connectivity index (χ1v) is 9.20. The van der Waals surface area contributed by atoms with Crippen LogP contribution in [-0.4, -0.2) is 25.3 Å². The zero-order valence-corrected chi connectivity index (χ0v) is 13.5. The molecule has 6 heteroatoms. The molecule has 1 aromatic carbocycles. The molecule has 0 radical (unpaired) electrons. The highest BCUT2D eigenvalue weighted by Crippen LogP contribution is 2.40. The Morgan fingerprint density at radius 1 is 1.20 bits per heavy atom. The lowest BCUT2D eigenvalue weighted by atomic mass is 9.86. The number of benzene rings is 1. The van der Waals surface area contributed by atoms with E-state index < -0.39 is 15.8 Å². The van der Waals surface area contributed by atoms with Gasteiger partial charge in [-0.25, -0.2) is 12.8 Å². The number of hydrogen-bond donors (Lipinski definition) is 0. The molecule has 2 atom stereocenters. The SMILES string of the molecule is O=S(=O)(c1ccc(F)cc1Br)N1CCC2CCCCC21. The van der Waals surface area contributed by atoms with Gasteiger partial charge in [-0.15, -0.1) is 0 Å². The van der Waals surface area contributed by atoms with Crippen molar-refractivity contribution in [3.8, 4) is 0 Å². The van der Waals surface area contributed by atoms with Crippen LogP contribution in [0.25, 0.3) is 0 Å². The molecule has 3 nitrogen and oxygen atoms in total. The Balaban J connectivity index is 1.95. The van der Waals surface area contributed by atoms with E-state index in [4.69, 9.17) is 0 Å². The first-order valence-electron chi connectivity index (χ1n) is 6.97. The Bertz CT molecular complexity index is 620. The van der Waals surface area contributed by atoms with Crippen LogP contribution in [0, 0.1) is 11.7 Å². The molecule has 0 bridgehead atoms. The lowest BCUT2D eigenvalue weighted by Gasteiger charge is -2.31. The number of rotatable bonds is 2. The first-order chi connectivity index (χ1) is 9.50. The molecule has 2 aliphatic rings. The van der Waals surface area contributed by atoms with E-state index in [1.807, 2.05) is 0 Å². The van der Waals surface area contributed by atoms with E-state index in [-0.39, 0.29) is 10.9 Å². The molecule has 1 saturated heterocycles. The van der Waals surface area contributed by atoms with Gasteiger partial charge in [-0.1, -0.05) is 12.8 Å². The van der Waals surface area contributed by atoms with E-state index >= 15 is 0 Å². The van der Waals surface area contributed by atoms with Gasteiger partial charge in [0.15, 0.2) is 0 Å². The average Bonchev–Trinajstić information content (AvgIpc) is 2.82. The van der Waals surface area contributed by atoms with Gasteiger partial charge in [-0.3, -0.25) is 0 Å². The Labute approximate surface area is 127 Å². The van der Waals surface area contributed by atoms with Crippen molar-refractivity contribution < 1.29 is 12.8 Å². The van der Waals surface area contributed by atoms with Crippen LogP contribution in [-0.2, 0) is 10.0 Å². The molecule has 1 aromatic rings. The predicted octanol–water partition coefficient (Wildman–Crippen LogP) is 3.54. The third-order valence-corrected chi connectivity index (χ3v) is 7.34. The van der Waals surface area contributed by atoms with Crippen LogP contribution in [0.2, 0.25) is 0 Å². The van der Waals surface area contributed by atoms with Crippen molar-refractivity contribution in [2.75, 3.05) is 6.54 Å². The molecule has 3 rings (SSSR count). The second-order valence-electron chi connectivity index (χ2n) is 5.59. The maximum atomic E-state index is 13.1. The van der Waals surface area contributed by atoms with Crippen LogP contribution in [0.1, 0.15) is 32.1 Å². The third-order valence-electron chi connectivity index (χ3n) is 4.44. The molecule has 1 saturated carbocycles. The van der Waals surface area contributed by atoms with E-state index in [0.29, 0.717) is 16.9 Å². The zero-order chi connectivity index (χ0) is 14.3. The minimum atomic E-state index is -3.54. The van der Waals surface area contributed by atoms with Gasteiger partial charge >= 0.3 is 0 Å². The summed E-state index contributed by atoms with van der Waals surface area (Å²) >= 11 is 3.17. The van der Waals surface area contributed by atoms with Crippen LogP contribution >= 0.6 is 15.9 Å². The smallest absolute Gasteiger partial charge is 0.207 e. The topological polar surface area (TPSA) is 37.4 Å². The zero-order valence-electron chi connectivity index (χ0n) is 11.1. The van der Waals surface area contributed by atoms with E-state index in [0.717, 1.165) is 25.7 Å². The van der Waals surface area contributed by atoms with Crippen LogP contribution < -0.4 is 0 Å². The standard InChI is InChI=1S/C14H17BrFNO2S/c15-12-9-11(16)5-6-14(12)20(18,19)17-8-7-10-3-1-2-4-13(10)17/h5-6,9-10,13H,1-4,7-8H2. The van der Waals surface area contributed by atoms with Crippen LogP contribution in [0.15, 0.2) is 27.6 Å². The van der Waals surface area contributed by atoms with E-state index in [9.17, 15) is 12.8 Å². The fourth-order valence-corrected chi connectivity index (χ4v) is 6.21. The van der Waals surface area contributed by atoms with Crippen LogP contribution in [0.5, 0.6) is 0 Å². The number of halogens is 2. The molecule has 1 aliphatic heterocycles. The van der Waals surface area contributed by atoms with Gasteiger partial charge in [0, 0.05) is 17.1 Å². The van der Waals surface area contributed by atoms with E-state index in [2.05, 4.69) is 15.9 Å². The summed E-state index contributed by atoms with van der Waals surface area (Å²) in [7, 11) is -3.54. The molecular weight excluding hydrogens is 345 g/mol. The Kier molecular flexibility index (Phi) is 3.90. The summed E-state index contributed by atoms with van der Waals surface area (Å²) in [6.45, 7) is 0.585. The monoisotopic (exact) mass is 361 g/mol. The highest BCUT2D eigenvalue weighted by molar-refractivity contribution is 9.10. The van der Waals surface area contributed by atoms with Gasteiger partial charge in [0.25, 0.3) is 0 Å². The summed E-state index contributed by atoms with van der Waals surface area (Å²) in [6.07, 6.45) is 5.32. The number of fused-ring (bicyclic) bond motifs is 1. The number of sulfonamides is 1. The summed E-state index contributed by atoms with van der Waals surface area (Å²) in [4.78, 5) is 0.171. The van der Waals surface area contributed by atoms with Gasteiger partial charge in [-0.05, 0) is 59.3 Å². The van der Waals surface area contributed by atoms with Crippen molar-refractivity contribution in [1.82, 2.24) is 4.31 Å². The number of hydrogen-bond acceptors (Lipinski definition) is 2. The molecule has 20 heavy (non-hydrogen) atoms. The van der Waals surface area contributed by atoms with Crippen LogP contribution in [0.4, 0.5) is 4.39 Å². The lowest BCUT2D eigenvalue weighted by molar-refractivity contribution is 0.260. The maximum Gasteiger partial charge on any atom is 0.244 e. The summed E-state index contributed by atoms with van der Waals surface area (Å²) in [5.74, 6) is 0.0607. The average molecular weight is 362 g/mol. The molecule has 1 heterocycles. The molecular formula is C14H17BrFNO2S. The second-order valence-corrected chi connectivity index (χ2v) is 8.30. The molecule has 1 aliphatic carbocycles. The minimum absolute atomic E-state index is 0.130. The third kappa shape index (κ3) is 2.42. The van der Waals surface area contributed by atoms with Gasteiger partial charge in [-0.2, -0.15) is 4.31 Å². The molecule has 2 unspecified atom stereocenters. The summed E-state index contributed by atoms with van der Waals surface area (Å²) in [5, 5.41) is 0. The lowest BCUT2D eigenvalue weighted by Crippen LogP contribution is -2.39. The maximum absolute atomic E-state index is 13.1. The Hall–Kier alpha value is -0.460. The van der Waals surface area contributed by atoms with Crippen molar-refractivity contribution in [1.29, 1.82) is 0 Å². The summed E-state index contributed by atoms with van der Waals surface area (Å²) < 4.78 is 40.7. The minimum Gasteiger partial charge on any atom is -0.207 e. The first kappa shape index (κ1) is 14.5. The molecule has 0 aromatic heterocycles. The van der Waals surface area contributed by atoms with Crippen LogP contribution in [0.3, 0.4) is 0 Å². The van der Waals surface area contributed by atoms with E-state index in [1.165, 1.54) is 24.6 Å². The molecule has 0 N–H and O–H groups in total. The number of nitrogens with zero attached hydrogens (tertiary/aromatic N) is 1. The van der Waals surface area contributed by atoms with E-state index in [1.54, 1.807) is 4.31 Å². The summed E-state index contributed by atoms with van der Waals surface area (Å²) in [6, 6.07) is 3.89. The quantitative estimate of drug-likeness (QED) is 0.807. The highest BCUT2D eigenvalue weighted by Gasteiger charge is 2.42. The summed E-state index contributed by atoms with van der Waals surface area (Å²) in [5.41, 5.74) is 0. The van der Waals surface area contributed by atoms with Crippen molar-refractivity contribution in [3.63, 3.8) is 0 Å². The van der Waals surface area contributed by atoms with Gasteiger partial charge < -0.3 is 0 Å². The predicted molar refractivity (Wildman–Crippen MR) is 78.4 cm³/mol. The van der Waals surface area contributed by atoms with Crippen molar-refractivity contribution >= 4 is 26.0 Å². The second kappa shape index (κ2) is 5.39. The van der Waals surface area contributed by atoms with Gasteiger partial charge in [0.2, 0.25) is 10.0 Å². The highest BCUT2D eigenvalue weighted by atomic mass is 79.9. The van der Waals surface area contributed by atoms with Crippen molar-refractivity contribution in [3.05, 3.63) is 28.5 Å². The molecule has 0 spiro atoms. The normalized spacial score (nSPS) is 27.5. The Morgan fingerprint density at radius 3 is 2.70 bits per heavy atom. The van der Waals surface area contributed by atoms with Crippen molar-refractivity contribution in [2.24, 2.45) is 5.92 Å². The van der Waals surface area contributed by atoms with Crippen molar-refractivity contribution in [2.45, 2.75) is 43.0 Å². The van der Waals surface area contributed by atoms with Gasteiger partial charge in [0.05, 0.1) is 4.90 Å². The van der Waals surface area contributed by atoms with Gasteiger partial charge in [0.1, 0.15) is 5.82 Å². The molecule has 0 amide bonds. The fourth-order valence-electron chi connectivity index (χ4n) is 3.47. The largest absolute Gasteiger partial charge is 0.244 e. The Morgan fingerprint density at radius 2 is 1.95 bits per heavy atom. The fraction of sp³-hybridized carbons (Fsp3) is 0.571.